The van der Waals surface area contributed by atoms with Gasteiger partial charge in [-0.3, -0.25) is 19.3 Å². The summed E-state index contributed by atoms with van der Waals surface area (Å²) in [5.41, 5.74) is 0.734. The summed E-state index contributed by atoms with van der Waals surface area (Å²) < 4.78 is 11.5. The molecule has 0 saturated carbocycles. The largest absolute Gasteiger partial charge is 0.490 e. The lowest BCUT2D eigenvalue weighted by molar-refractivity contribution is -0.136. The second-order valence-electron chi connectivity index (χ2n) is 8.17. The summed E-state index contributed by atoms with van der Waals surface area (Å²) >= 11 is 0.862. The molecule has 174 valence electrons. The smallest absolute Gasteiger partial charge is 0.294 e. The van der Waals surface area contributed by atoms with Crippen LogP contribution in [0.5, 0.6) is 11.5 Å². The third kappa shape index (κ3) is 6.06. The average molecular weight is 461 g/mol. The van der Waals surface area contributed by atoms with Crippen LogP contribution in [0.1, 0.15) is 52.0 Å². The van der Waals surface area contributed by atoms with Crippen molar-refractivity contribution in [3.8, 4) is 11.5 Å². The molecule has 3 rings (SSSR count). The highest BCUT2D eigenvalue weighted by Gasteiger charge is 2.37. The number of thioether (sulfide) groups is 1. The van der Waals surface area contributed by atoms with Gasteiger partial charge in [0.2, 0.25) is 5.91 Å². The lowest BCUT2D eigenvalue weighted by Crippen LogP contribution is -2.45. The summed E-state index contributed by atoms with van der Waals surface area (Å²) in [5.74, 6) is 1.26. The highest BCUT2D eigenvalue weighted by molar-refractivity contribution is 8.18. The second kappa shape index (κ2) is 11.4. The van der Waals surface area contributed by atoms with Crippen LogP contribution >= 0.6 is 11.8 Å². The minimum atomic E-state index is -0.431. The van der Waals surface area contributed by atoms with Crippen LogP contribution in [0.3, 0.4) is 0 Å². The fraction of sp³-hybridized carbons (Fsp3) is 0.542. The Morgan fingerprint density at radius 2 is 1.91 bits per heavy atom. The summed E-state index contributed by atoms with van der Waals surface area (Å²) in [4.78, 5) is 41.0. The first-order chi connectivity index (χ1) is 15.4. The van der Waals surface area contributed by atoms with Crippen molar-refractivity contribution in [2.45, 2.75) is 46.5 Å². The average Bonchev–Trinajstić information content (AvgIpc) is 3.03. The topological polar surface area (TPSA) is 76.2 Å². The first-order valence-corrected chi connectivity index (χ1v) is 12.2. The number of amides is 3. The first kappa shape index (κ1) is 24.2. The summed E-state index contributed by atoms with van der Waals surface area (Å²) in [5, 5.41) is -0.412. The van der Waals surface area contributed by atoms with Gasteiger partial charge in [-0.15, -0.1) is 0 Å². The van der Waals surface area contributed by atoms with Crippen LogP contribution < -0.4 is 9.47 Å². The summed E-state index contributed by atoms with van der Waals surface area (Å²) in [6.45, 7) is 8.42. The minimum absolute atomic E-state index is 0.173. The fourth-order valence-corrected chi connectivity index (χ4v) is 4.45. The first-order valence-electron chi connectivity index (χ1n) is 11.4. The molecule has 3 amide bonds. The number of nitrogens with zero attached hydrogens (tertiary/aromatic N) is 2. The van der Waals surface area contributed by atoms with Gasteiger partial charge in [-0.05, 0) is 67.6 Å². The maximum atomic E-state index is 12.8. The number of carbonyl (C=O) groups excluding carboxylic acids is 3. The summed E-state index contributed by atoms with van der Waals surface area (Å²) in [7, 11) is 0. The van der Waals surface area contributed by atoms with Gasteiger partial charge in [0.25, 0.3) is 11.1 Å². The van der Waals surface area contributed by atoms with E-state index < -0.39 is 11.1 Å². The molecule has 0 atom stereocenters. The van der Waals surface area contributed by atoms with E-state index in [0.29, 0.717) is 48.6 Å². The Balaban J connectivity index is 1.69. The number of piperidine rings is 1. The molecule has 2 aliphatic rings. The van der Waals surface area contributed by atoms with Crippen LogP contribution in [0, 0.1) is 5.92 Å². The molecule has 0 aliphatic carbocycles. The monoisotopic (exact) mass is 460 g/mol. The van der Waals surface area contributed by atoms with E-state index in [1.165, 1.54) is 0 Å². The van der Waals surface area contributed by atoms with E-state index in [1.54, 1.807) is 17.0 Å². The van der Waals surface area contributed by atoms with E-state index >= 15 is 0 Å². The van der Waals surface area contributed by atoms with Crippen molar-refractivity contribution in [3.05, 3.63) is 28.7 Å². The van der Waals surface area contributed by atoms with Crippen molar-refractivity contribution in [1.82, 2.24) is 9.80 Å². The molecule has 0 N–H and O–H groups in total. The minimum Gasteiger partial charge on any atom is -0.490 e. The number of likely N-dealkylation sites (tertiary alicyclic amines) is 1. The Morgan fingerprint density at radius 1 is 1.16 bits per heavy atom. The zero-order valence-electron chi connectivity index (χ0n) is 19.1. The molecular weight excluding hydrogens is 428 g/mol. The fourth-order valence-electron chi connectivity index (χ4n) is 3.61. The molecule has 2 aliphatic heterocycles. The predicted molar refractivity (Wildman–Crippen MR) is 126 cm³/mol. The molecule has 7 nitrogen and oxygen atoms in total. The number of hydrogen-bond donors (Lipinski definition) is 0. The molecule has 2 heterocycles. The van der Waals surface area contributed by atoms with Gasteiger partial charge >= 0.3 is 0 Å². The highest BCUT2D eigenvalue weighted by Crippen LogP contribution is 2.35. The molecule has 1 aromatic rings. The van der Waals surface area contributed by atoms with E-state index in [4.69, 9.17) is 9.47 Å². The molecule has 0 radical (unpaired) electrons. The standard InChI is InChI=1S/C24H32N2O5S/c1-4-6-13-31-19-8-7-18(14-20(19)30-5-2)15-21-23(28)26(24(29)32-21)16-22(27)25-11-9-17(3)10-12-25/h7-8,14-15,17H,4-6,9-13,16H2,1-3H3/b21-15-. The number of benzene rings is 1. The summed E-state index contributed by atoms with van der Waals surface area (Å²) in [6, 6.07) is 5.45. The third-order valence-electron chi connectivity index (χ3n) is 5.62. The van der Waals surface area contributed by atoms with E-state index in [1.807, 2.05) is 19.1 Å². The van der Waals surface area contributed by atoms with Gasteiger partial charge in [0.05, 0.1) is 18.1 Å². The Bertz CT molecular complexity index is 877. The number of hydrogen-bond acceptors (Lipinski definition) is 6. The van der Waals surface area contributed by atoms with Crippen LogP contribution in [0.4, 0.5) is 4.79 Å². The van der Waals surface area contributed by atoms with Gasteiger partial charge in [-0.2, -0.15) is 0 Å². The SMILES string of the molecule is CCCCOc1ccc(/C=C2\SC(=O)N(CC(=O)N3CCC(C)CC3)C2=O)cc1OCC. The number of ether oxygens (including phenoxy) is 2. The van der Waals surface area contributed by atoms with Crippen molar-refractivity contribution < 1.29 is 23.9 Å². The molecule has 0 aromatic heterocycles. The van der Waals surface area contributed by atoms with Crippen LogP contribution in [-0.2, 0) is 9.59 Å². The zero-order chi connectivity index (χ0) is 23.1. The molecular formula is C24H32N2O5S. The zero-order valence-corrected chi connectivity index (χ0v) is 19.9. The molecule has 2 saturated heterocycles. The molecule has 0 bridgehead atoms. The molecule has 0 unspecified atom stereocenters. The Morgan fingerprint density at radius 3 is 2.59 bits per heavy atom. The second-order valence-corrected chi connectivity index (χ2v) is 9.17. The number of rotatable bonds is 9. The molecule has 2 fully saturated rings. The van der Waals surface area contributed by atoms with Gasteiger partial charge in [0, 0.05) is 13.1 Å². The highest BCUT2D eigenvalue weighted by atomic mass is 32.2. The van der Waals surface area contributed by atoms with Crippen molar-refractivity contribution >= 4 is 34.9 Å². The van der Waals surface area contributed by atoms with Crippen molar-refractivity contribution in [2.24, 2.45) is 5.92 Å². The third-order valence-corrected chi connectivity index (χ3v) is 6.53. The molecule has 8 heteroatoms. The van der Waals surface area contributed by atoms with Crippen LogP contribution in [0.25, 0.3) is 6.08 Å². The molecule has 1 aromatic carbocycles. The normalized spacial score (nSPS) is 18.5. The number of imide groups is 1. The Hall–Kier alpha value is -2.48. The van der Waals surface area contributed by atoms with Crippen molar-refractivity contribution in [3.63, 3.8) is 0 Å². The maximum Gasteiger partial charge on any atom is 0.294 e. The van der Waals surface area contributed by atoms with Gasteiger partial charge in [0.1, 0.15) is 6.54 Å². The van der Waals surface area contributed by atoms with Crippen LogP contribution in [0.15, 0.2) is 23.1 Å². The molecule has 0 spiro atoms. The van der Waals surface area contributed by atoms with E-state index in [2.05, 4.69) is 13.8 Å². The number of unbranched alkanes of at least 4 members (excludes halogenated alkanes) is 1. The van der Waals surface area contributed by atoms with E-state index in [-0.39, 0.29) is 12.5 Å². The van der Waals surface area contributed by atoms with Gasteiger partial charge < -0.3 is 14.4 Å². The van der Waals surface area contributed by atoms with Crippen molar-refractivity contribution in [2.75, 3.05) is 32.8 Å². The summed E-state index contributed by atoms with van der Waals surface area (Å²) in [6.07, 6.45) is 5.56. The quantitative estimate of drug-likeness (QED) is 0.397. The maximum absolute atomic E-state index is 12.8. The van der Waals surface area contributed by atoms with E-state index in [9.17, 15) is 14.4 Å². The van der Waals surface area contributed by atoms with Gasteiger partial charge in [-0.25, -0.2) is 0 Å². The number of carbonyl (C=O) groups is 3. The van der Waals surface area contributed by atoms with Gasteiger partial charge in [0.15, 0.2) is 11.5 Å². The lowest BCUT2D eigenvalue weighted by atomic mass is 9.99. The van der Waals surface area contributed by atoms with Gasteiger partial charge in [-0.1, -0.05) is 26.3 Å². The van der Waals surface area contributed by atoms with Crippen molar-refractivity contribution in [1.29, 1.82) is 0 Å². The van der Waals surface area contributed by atoms with Crippen LogP contribution in [0.2, 0.25) is 0 Å². The Labute approximate surface area is 194 Å². The Kier molecular flexibility index (Phi) is 8.61. The van der Waals surface area contributed by atoms with E-state index in [0.717, 1.165) is 47.9 Å². The lowest BCUT2D eigenvalue weighted by Gasteiger charge is -2.31. The molecule has 32 heavy (non-hydrogen) atoms. The predicted octanol–water partition coefficient (Wildman–Crippen LogP) is 4.56. The van der Waals surface area contributed by atoms with Crippen LogP contribution in [-0.4, -0.2) is 59.7 Å².